The maximum absolute atomic E-state index is 12.7. The van der Waals surface area contributed by atoms with Crippen LogP contribution in [0.2, 0.25) is 0 Å². The minimum absolute atomic E-state index is 0.00873. The Balaban J connectivity index is 1.08. The van der Waals surface area contributed by atoms with Crippen molar-refractivity contribution in [3.8, 4) is 0 Å². The lowest BCUT2D eigenvalue weighted by molar-refractivity contribution is -0.115. The highest BCUT2D eigenvalue weighted by atomic mass is 16.5. The molecule has 6 aliphatic rings. The van der Waals surface area contributed by atoms with Crippen molar-refractivity contribution in [3.63, 3.8) is 0 Å². The monoisotopic (exact) mass is 517 g/mol. The fraction of sp³-hybridized carbons (Fsp3) is 0.735. The van der Waals surface area contributed by atoms with E-state index in [2.05, 4.69) is 39.1 Å². The van der Waals surface area contributed by atoms with Gasteiger partial charge in [-0.3, -0.25) is 5.32 Å². The van der Waals surface area contributed by atoms with Crippen LogP contribution in [0.5, 0.6) is 0 Å². The summed E-state index contributed by atoms with van der Waals surface area (Å²) in [4.78, 5) is 12.7. The van der Waals surface area contributed by atoms with Crippen LogP contribution in [0.25, 0.3) is 0 Å². The van der Waals surface area contributed by atoms with Crippen LogP contribution in [-0.4, -0.2) is 30.4 Å². The fourth-order valence-electron chi connectivity index (χ4n) is 10.7. The Labute approximate surface area is 229 Å². The molecule has 2 aliphatic heterocycles. The zero-order chi connectivity index (χ0) is 26.3. The Morgan fingerprint density at radius 3 is 2.61 bits per heavy atom. The Hall–Kier alpha value is -1.65. The average molecular weight is 518 g/mol. The van der Waals surface area contributed by atoms with Crippen molar-refractivity contribution in [1.29, 1.82) is 0 Å². The molecule has 1 aromatic carbocycles. The minimum Gasteiger partial charge on any atom is -0.458 e. The number of carbonyl (C=O) groups excluding carboxylic acids is 1. The molecule has 2 heterocycles. The molecular weight excluding hydrogens is 470 g/mol. The molecule has 0 amide bonds. The number of carbonyl (C=O) groups is 1. The molecule has 3 saturated carbocycles. The predicted molar refractivity (Wildman–Crippen MR) is 149 cm³/mol. The summed E-state index contributed by atoms with van der Waals surface area (Å²) in [5.41, 5.74) is 2.80. The smallest absolute Gasteiger partial charge is 0.338 e. The molecule has 38 heavy (non-hydrogen) atoms. The molecule has 4 nitrogen and oxygen atoms in total. The van der Waals surface area contributed by atoms with Crippen LogP contribution in [0.15, 0.2) is 42.0 Å². The molecule has 0 unspecified atom stereocenters. The van der Waals surface area contributed by atoms with Crippen LogP contribution in [-0.2, 0) is 9.47 Å². The van der Waals surface area contributed by atoms with Crippen LogP contribution in [0.4, 0.5) is 0 Å². The van der Waals surface area contributed by atoms with E-state index in [4.69, 9.17) is 9.47 Å². The molecule has 11 atom stereocenters. The Kier molecular flexibility index (Phi) is 5.95. The number of ether oxygens (including phenoxy) is 2. The number of hydrogen-bond acceptors (Lipinski definition) is 4. The van der Waals surface area contributed by atoms with Gasteiger partial charge in [-0.05, 0) is 104 Å². The Morgan fingerprint density at radius 2 is 1.84 bits per heavy atom. The molecular formula is C34H47NO3. The summed E-state index contributed by atoms with van der Waals surface area (Å²) in [5.74, 6) is 4.14. The third-order valence-electron chi connectivity index (χ3n) is 12.8. The first kappa shape index (κ1) is 25.3. The van der Waals surface area contributed by atoms with Crippen molar-refractivity contribution in [2.45, 2.75) is 103 Å². The van der Waals surface area contributed by atoms with Crippen LogP contribution < -0.4 is 5.32 Å². The van der Waals surface area contributed by atoms with Crippen LogP contribution in [0.1, 0.15) is 95.8 Å². The molecule has 1 N–H and O–H groups in total. The average Bonchev–Trinajstić information content (AvgIpc) is 3.36. The molecule has 206 valence electrons. The van der Waals surface area contributed by atoms with Gasteiger partial charge in [0, 0.05) is 18.9 Å². The number of esters is 1. The highest BCUT2D eigenvalue weighted by Crippen LogP contribution is 2.70. The van der Waals surface area contributed by atoms with Crippen molar-refractivity contribution in [3.05, 3.63) is 47.5 Å². The number of fused-ring (bicyclic) bond motifs is 7. The van der Waals surface area contributed by atoms with Gasteiger partial charge in [0.2, 0.25) is 0 Å². The molecule has 0 radical (unpaired) electrons. The topological polar surface area (TPSA) is 47.6 Å². The van der Waals surface area contributed by atoms with E-state index < -0.39 is 0 Å². The number of rotatable bonds is 2. The maximum Gasteiger partial charge on any atom is 0.338 e. The van der Waals surface area contributed by atoms with Gasteiger partial charge in [-0.1, -0.05) is 57.5 Å². The van der Waals surface area contributed by atoms with Crippen LogP contribution in [0, 0.1) is 46.3 Å². The van der Waals surface area contributed by atoms with E-state index in [0.29, 0.717) is 28.9 Å². The molecule has 0 aromatic heterocycles. The summed E-state index contributed by atoms with van der Waals surface area (Å²) in [6.45, 7) is 11.2. The van der Waals surface area contributed by atoms with Crippen LogP contribution >= 0.6 is 0 Å². The zero-order valence-electron chi connectivity index (χ0n) is 23.9. The first-order valence-corrected chi connectivity index (χ1v) is 15.6. The third-order valence-corrected chi connectivity index (χ3v) is 12.8. The minimum atomic E-state index is -0.173. The zero-order valence-corrected chi connectivity index (χ0v) is 23.9. The Morgan fingerprint density at radius 1 is 1.03 bits per heavy atom. The third kappa shape index (κ3) is 3.65. The molecule has 5 fully saturated rings. The van der Waals surface area contributed by atoms with E-state index >= 15 is 0 Å². The van der Waals surface area contributed by atoms with Gasteiger partial charge in [0.05, 0.1) is 11.7 Å². The van der Waals surface area contributed by atoms with E-state index in [1.54, 1.807) is 5.57 Å². The van der Waals surface area contributed by atoms with Gasteiger partial charge >= 0.3 is 5.97 Å². The van der Waals surface area contributed by atoms with Crippen LogP contribution in [0.3, 0.4) is 0 Å². The van der Waals surface area contributed by atoms with E-state index in [1.165, 1.54) is 38.5 Å². The van der Waals surface area contributed by atoms with E-state index in [0.717, 1.165) is 49.5 Å². The molecule has 4 aliphatic carbocycles. The number of piperidine rings is 1. The number of allylic oxidation sites excluding steroid dienone is 1. The van der Waals surface area contributed by atoms with Gasteiger partial charge in [-0.2, -0.15) is 0 Å². The summed E-state index contributed by atoms with van der Waals surface area (Å²) in [6, 6.07) is 9.46. The highest BCUT2D eigenvalue weighted by molar-refractivity contribution is 5.89. The SMILES string of the molecule is C[C@H]1CC[C@]2(NC1)O[C@H]1C[C@H]3[C@@H]4CC=C5C[C@@H](OC(=O)c6ccccc6)CC[C@]5(C)[C@H]4CC[C@]3(C)[C@H]1[C@H]2C. The van der Waals surface area contributed by atoms with E-state index in [9.17, 15) is 4.79 Å². The molecule has 0 bridgehead atoms. The van der Waals surface area contributed by atoms with Gasteiger partial charge in [0.25, 0.3) is 0 Å². The van der Waals surface area contributed by atoms with Crippen molar-refractivity contribution < 1.29 is 14.3 Å². The molecule has 2 saturated heterocycles. The number of nitrogens with one attached hydrogen (secondary N) is 1. The highest BCUT2D eigenvalue weighted by Gasteiger charge is 2.68. The molecule has 4 heteroatoms. The van der Waals surface area contributed by atoms with E-state index in [-0.39, 0.29) is 23.2 Å². The van der Waals surface area contributed by atoms with Crippen molar-refractivity contribution in [2.24, 2.45) is 46.3 Å². The lowest BCUT2D eigenvalue weighted by Gasteiger charge is -2.58. The summed E-state index contributed by atoms with van der Waals surface area (Å²) in [5, 5.41) is 3.90. The lowest BCUT2D eigenvalue weighted by Crippen LogP contribution is -2.57. The van der Waals surface area contributed by atoms with Gasteiger partial charge < -0.3 is 9.47 Å². The lowest BCUT2D eigenvalue weighted by atomic mass is 9.47. The second kappa shape index (κ2) is 8.93. The summed E-state index contributed by atoms with van der Waals surface area (Å²) in [7, 11) is 0. The maximum atomic E-state index is 12.7. The number of hydrogen-bond donors (Lipinski definition) is 1. The molecule has 7 rings (SSSR count). The molecule has 1 aromatic rings. The fourth-order valence-corrected chi connectivity index (χ4v) is 10.7. The second-order valence-corrected chi connectivity index (χ2v) is 14.6. The van der Waals surface area contributed by atoms with Crippen molar-refractivity contribution in [2.75, 3.05) is 6.54 Å². The van der Waals surface area contributed by atoms with E-state index in [1.807, 2.05) is 30.3 Å². The van der Waals surface area contributed by atoms with Gasteiger partial charge in [-0.25, -0.2) is 4.79 Å². The number of benzene rings is 1. The van der Waals surface area contributed by atoms with Gasteiger partial charge in [-0.15, -0.1) is 0 Å². The largest absolute Gasteiger partial charge is 0.458 e. The molecule has 1 spiro atoms. The second-order valence-electron chi connectivity index (χ2n) is 14.6. The van der Waals surface area contributed by atoms with Gasteiger partial charge in [0.1, 0.15) is 11.8 Å². The summed E-state index contributed by atoms with van der Waals surface area (Å²) >= 11 is 0. The van der Waals surface area contributed by atoms with Gasteiger partial charge in [0.15, 0.2) is 0 Å². The summed E-state index contributed by atoms with van der Waals surface area (Å²) < 4.78 is 13.1. The Bertz CT molecular complexity index is 1110. The standard InChI is InChI=1S/C34H47NO3/c1-21-12-17-34(35-20-21)22(2)30-29(38-34)19-28-26-11-10-24-18-25(37-31(36)23-8-6-5-7-9-23)13-15-32(24,3)27(26)14-16-33(28,30)4/h5-10,21-22,25-30,35H,11-20H2,1-4H3/t21-,22+,25-,26+,27-,28-,29-,30-,32-,33-,34-/m0/s1. The first-order valence-electron chi connectivity index (χ1n) is 15.6. The van der Waals surface area contributed by atoms with Crippen molar-refractivity contribution in [1.82, 2.24) is 5.32 Å². The first-order chi connectivity index (χ1) is 18.2. The van der Waals surface area contributed by atoms with Crippen molar-refractivity contribution >= 4 is 5.97 Å². The quantitative estimate of drug-likeness (QED) is 0.334. The normalized spacial score (nSPS) is 49.4. The predicted octanol–water partition coefficient (Wildman–Crippen LogP) is 7.15. The summed E-state index contributed by atoms with van der Waals surface area (Å²) in [6.07, 6.45) is 13.6.